The minimum Gasteiger partial charge on any atom is -0.444 e. The molecule has 0 spiro atoms. The van der Waals surface area contributed by atoms with E-state index >= 15 is 0 Å². The van der Waals surface area contributed by atoms with Gasteiger partial charge in [0.05, 0.1) is 11.8 Å². The Labute approximate surface area is 136 Å². The molecule has 7 heteroatoms. The fraction of sp³-hybridized carbons (Fsp3) is 0.133. The van der Waals surface area contributed by atoms with Crippen molar-refractivity contribution in [2.45, 2.75) is 6.04 Å². The number of carbonyl (C=O) groups is 1. The maximum absolute atomic E-state index is 12.7. The second-order valence-electron chi connectivity index (χ2n) is 4.84. The normalized spacial score (nSPS) is 19.2. The first kappa shape index (κ1) is 15.1. The number of hydrogen-bond acceptors (Lipinski definition) is 4. The molecule has 0 bridgehead atoms. The third-order valence-electron chi connectivity index (χ3n) is 3.28. The summed E-state index contributed by atoms with van der Waals surface area (Å²) in [6.45, 7) is 0. The average Bonchev–Trinajstić information content (AvgIpc) is 3.06. The molecule has 1 atom stereocenters. The molecule has 22 heavy (non-hydrogen) atoms. The molecule has 5 nitrogen and oxygen atoms in total. The number of halogens is 1. The summed E-state index contributed by atoms with van der Waals surface area (Å²) in [7, 11) is -3.27. The topological polar surface area (TPSA) is 67.6 Å². The first-order valence-corrected chi connectivity index (χ1v) is 9.02. The number of para-hydroxylation sites is 1. The molecule has 2 heterocycles. The van der Waals surface area contributed by atoms with Gasteiger partial charge in [-0.15, -0.1) is 0 Å². The summed E-state index contributed by atoms with van der Waals surface area (Å²) in [4.78, 5) is 14.2. The Morgan fingerprint density at radius 2 is 1.91 bits per heavy atom. The molecule has 2 aromatic rings. The monoisotopic (exact) mass is 381 g/mol. The van der Waals surface area contributed by atoms with E-state index in [2.05, 4.69) is 15.9 Å². The largest absolute Gasteiger partial charge is 0.444 e. The average molecular weight is 382 g/mol. The lowest BCUT2D eigenvalue weighted by atomic mass is 10.2. The van der Waals surface area contributed by atoms with Gasteiger partial charge < -0.3 is 4.42 Å². The first-order chi connectivity index (χ1) is 10.5. The van der Waals surface area contributed by atoms with Gasteiger partial charge in [0.15, 0.2) is 20.3 Å². The van der Waals surface area contributed by atoms with Crippen LogP contribution in [0, 0.1) is 0 Å². The van der Waals surface area contributed by atoms with Crippen molar-refractivity contribution < 1.29 is 17.6 Å². The number of furan rings is 1. The summed E-state index contributed by atoms with van der Waals surface area (Å²) in [6, 6.07) is 11.6. The van der Waals surface area contributed by atoms with Gasteiger partial charge in [-0.1, -0.05) is 18.2 Å². The zero-order chi connectivity index (χ0) is 15.7. The minimum absolute atomic E-state index is 0.129. The van der Waals surface area contributed by atoms with Crippen LogP contribution in [0.4, 0.5) is 5.69 Å². The predicted octanol–water partition coefficient (Wildman–Crippen LogP) is 3.00. The Balaban J connectivity index is 2.01. The number of hydrogen-bond donors (Lipinski definition) is 0. The van der Waals surface area contributed by atoms with E-state index in [1.807, 2.05) is 6.07 Å². The van der Waals surface area contributed by atoms with Crippen molar-refractivity contribution in [3.05, 3.63) is 64.4 Å². The molecular formula is C15H12BrNO4S. The van der Waals surface area contributed by atoms with Gasteiger partial charge in [-0.05, 0) is 46.3 Å². The molecule has 0 saturated heterocycles. The van der Waals surface area contributed by atoms with E-state index < -0.39 is 15.9 Å². The highest BCUT2D eigenvalue weighted by Gasteiger charge is 2.33. The van der Waals surface area contributed by atoms with Crippen LogP contribution in [0.3, 0.4) is 0 Å². The van der Waals surface area contributed by atoms with E-state index in [4.69, 9.17) is 4.42 Å². The summed E-state index contributed by atoms with van der Waals surface area (Å²) in [6.07, 6.45) is 1.53. The maximum Gasteiger partial charge on any atom is 0.294 e. The molecule has 0 radical (unpaired) electrons. The molecule has 3 rings (SSSR count). The Hall–Kier alpha value is -1.86. The lowest BCUT2D eigenvalue weighted by molar-refractivity contribution is 0.0955. The fourth-order valence-corrected chi connectivity index (χ4v) is 3.89. The van der Waals surface area contributed by atoms with Gasteiger partial charge in [0.1, 0.15) is 0 Å². The van der Waals surface area contributed by atoms with E-state index in [-0.39, 0.29) is 17.4 Å². The quantitative estimate of drug-likeness (QED) is 0.819. The fourth-order valence-electron chi connectivity index (χ4n) is 2.32. The summed E-state index contributed by atoms with van der Waals surface area (Å²) in [5.74, 6) is -0.368. The number of rotatable bonds is 3. The van der Waals surface area contributed by atoms with Crippen LogP contribution in [0.1, 0.15) is 10.6 Å². The predicted molar refractivity (Wildman–Crippen MR) is 86.4 cm³/mol. The highest BCUT2D eigenvalue weighted by Crippen LogP contribution is 2.26. The van der Waals surface area contributed by atoms with Crippen LogP contribution in [0.5, 0.6) is 0 Å². The summed E-state index contributed by atoms with van der Waals surface area (Å²) < 4.78 is 29.1. The van der Waals surface area contributed by atoms with E-state index in [0.717, 1.165) is 5.41 Å². The van der Waals surface area contributed by atoms with Crippen LogP contribution >= 0.6 is 15.9 Å². The Kier molecular flexibility index (Phi) is 3.92. The number of carbonyl (C=O) groups excluding carboxylic acids is 1. The Morgan fingerprint density at radius 1 is 1.18 bits per heavy atom. The van der Waals surface area contributed by atoms with Crippen molar-refractivity contribution in [1.29, 1.82) is 0 Å². The molecular weight excluding hydrogens is 370 g/mol. The van der Waals surface area contributed by atoms with Crippen LogP contribution in [-0.2, 0) is 9.84 Å². The van der Waals surface area contributed by atoms with Crippen LogP contribution in [0.25, 0.3) is 0 Å². The molecule has 0 N–H and O–H groups in total. The van der Waals surface area contributed by atoms with Gasteiger partial charge in [0, 0.05) is 11.1 Å². The molecule has 1 aliphatic rings. The molecule has 1 amide bonds. The third kappa shape index (κ3) is 3.00. The summed E-state index contributed by atoms with van der Waals surface area (Å²) >= 11 is 3.16. The van der Waals surface area contributed by atoms with Crippen molar-refractivity contribution >= 4 is 37.4 Å². The molecule has 1 aromatic heterocycles. The lowest BCUT2D eigenvalue weighted by Gasteiger charge is -2.26. The van der Waals surface area contributed by atoms with Gasteiger partial charge in [0.2, 0.25) is 0 Å². The first-order valence-electron chi connectivity index (χ1n) is 6.51. The molecule has 0 aliphatic carbocycles. The summed E-state index contributed by atoms with van der Waals surface area (Å²) in [5, 5.41) is 1.15. The van der Waals surface area contributed by atoms with Gasteiger partial charge in [-0.3, -0.25) is 9.69 Å². The molecule has 1 aliphatic heterocycles. The van der Waals surface area contributed by atoms with E-state index in [0.29, 0.717) is 10.4 Å². The van der Waals surface area contributed by atoms with E-state index in [1.165, 1.54) is 11.0 Å². The molecule has 1 aromatic carbocycles. The van der Waals surface area contributed by atoms with E-state index in [9.17, 15) is 13.2 Å². The van der Waals surface area contributed by atoms with Crippen LogP contribution in [-0.4, -0.2) is 26.1 Å². The zero-order valence-corrected chi connectivity index (χ0v) is 13.7. The van der Waals surface area contributed by atoms with Gasteiger partial charge >= 0.3 is 0 Å². The van der Waals surface area contributed by atoms with Gasteiger partial charge in [-0.25, -0.2) is 8.42 Å². The second-order valence-corrected chi connectivity index (χ2v) is 7.55. The number of anilines is 1. The van der Waals surface area contributed by atoms with E-state index in [1.54, 1.807) is 36.4 Å². The SMILES string of the molecule is O=C(c1ccc(Br)o1)N(c1ccccc1)[C@H]1C=CS(=O)(=O)C1. The van der Waals surface area contributed by atoms with Crippen molar-refractivity contribution in [3.8, 4) is 0 Å². The number of sulfone groups is 1. The summed E-state index contributed by atoms with van der Waals surface area (Å²) in [5.41, 5.74) is 0.617. The number of amides is 1. The lowest BCUT2D eigenvalue weighted by Crippen LogP contribution is -2.41. The van der Waals surface area contributed by atoms with Crippen molar-refractivity contribution in [3.63, 3.8) is 0 Å². The molecule has 0 fully saturated rings. The molecule has 114 valence electrons. The van der Waals surface area contributed by atoms with Crippen LogP contribution < -0.4 is 4.90 Å². The minimum atomic E-state index is -3.27. The van der Waals surface area contributed by atoms with Gasteiger partial charge in [-0.2, -0.15) is 0 Å². The smallest absolute Gasteiger partial charge is 0.294 e. The standard InChI is InChI=1S/C15H12BrNO4S/c16-14-7-6-13(21-14)15(18)17(11-4-2-1-3-5-11)12-8-9-22(19,20)10-12/h1-9,12H,10H2/t12-/m0/s1. The Morgan fingerprint density at radius 3 is 2.45 bits per heavy atom. The van der Waals surface area contributed by atoms with Crippen molar-refractivity contribution in [1.82, 2.24) is 0 Å². The van der Waals surface area contributed by atoms with Crippen LogP contribution in [0.15, 0.2) is 63.0 Å². The molecule has 0 saturated carbocycles. The zero-order valence-electron chi connectivity index (χ0n) is 11.3. The number of nitrogens with zero attached hydrogens (tertiary/aromatic N) is 1. The highest BCUT2D eigenvalue weighted by molar-refractivity contribution is 9.10. The highest BCUT2D eigenvalue weighted by atomic mass is 79.9. The third-order valence-corrected chi connectivity index (χ3v) is 5.08. The Bertz CT molecular complexity index is 826. The van der Waals surface area contributed by atoms with Crippen LogP contribution in [0.2, 0.25) is 0 Å². The number of benzene rings is 1. The maximum atomic E-state index is 12.7. The molecule has 0 unspecified atom stereocenters. The second kappa shape index (κ2) is 5.73. The van der Waals surface area contributed by atoms with Gasteiger partial charge in [0.25, 0.3) is 5.91 Å². The van der Waals surface area contributed by atoms with Crippen molar-refractivity contribution in [2.75, 3.05) is 10.7 Å². The van der Waals surface area contributed by atoms with Crippen molar-refractivity contribution in [2.24, 2.45) is 0 Å².